The van der Waals surface area contributed by atoms with Crippen molar-refractivity contribution in [3.05, 3.63) is 66.0 Å². The smallest absolute Gasteiger partial charge is 0.165 e. The molecule has 0 bridgehead atoms. The Morgan fingerprint density at radius 2 is 1.41 bits per heavy atom. The highest BCUT2D eigenvalue weighted by atomic mass is 35.5. The van der Waals surface area contributed by atoms with E-state index in [2.05, 4.69) is 46.9 Å². The van der Waals surface area contributed by atoms with Crippen LogP contribution in [0, 0.1) is 0 Å². The molecule has 3 aromatic rings. The molecule has 0 aliphatic heterocycles. The third kappa shape index (κ3) is 3.38. The normalized spacial score (nSPS) is 10.2. The first-order chi connectivity index (χ1) is 10.4. The Balaban J connectivity index is 0.00000176. The van der Waals surface area contributed by atoms with Gasteiger partial charge in [0.2, 0.25) is 0 Å². The Bertz CT molecular complexity index is 772. The van der Waals surface area contributed by atoms with Crippen molar-refractivity contribution in [2.75, 3.05) is 20.2 Å². The van der Waals surface area contributed by atoms with Gasteiger partial charge in [0.25, 0.3) is 0 Å². The summed E-state index contributed by atoms with van der Waals surface area (Å²) in [6.07, 6.45) is 0. The van der Waals surface area contributed by atoms with Gasteiger partial charge in [-0.2, -0.15) is 0 Å². The second-order valence-corrected chi connectivity index (χ2v) is 4.98. The monoisotopic (exact) mass is 314 g/mol. The molecule has 0 saturated carbocycles. The van der Waals surface area contributed by atoms with Gasteiger partial charge in [-0.25, -0.2) is 0 Å². The van der Waals surface area contributed by atoms with E-state index in [1.54, 1.807) is 0 Å². The van der Waals surface area contributed by atoms with Crippen LogP contribution in [0.5, 0.6) is 0 Å². The number of hydrogen-bond acceptors (Lipinski definition) is 2. The van der Waals surface area contributed by atoms with Crippen LogP contribution in [0.3, 0.4) is 0 Å². The van der Waals surface area contributed by atoms with E-state index in [9.17, 15) is 0 Å². The van der Waals surface area contributed by atoms with E-state index in [0.29, 0.717) is 6.61 Å². The van der Waals surface area contributed by atoms with Crippen LogP contribution < -0.4 is 23.1 Å². The lowest BCUT2D eigenvalue weighted by Gasteiger charge is -1.98. The summed E-state index contributed by atoms with van der Waals surface area (Å²) in [7, 11) is 2.02. The molecule has 0 aromatic heterocycles. The maximum Gasteiger partial charge on any atom is 0.165 e. The zero-order chi connectivity index (χ0) is 14.5. The van der Waals surface area contributed by atoms with Crippen LogP contribution in [-0.2, 0) is 4.84 Å². The summed E-state index contributed by atoms with van der Waals surface area (Å²) in [5.41, 5.74) is 0. The number of benzene rings is 2. The van der Waals surface area contributed by atoms with Crippen molar-refractivity contribution in [3.8, 4) is 0 Å². The van der Waals surface area contributed by atoms with Crippen molar-refractivity contribution in [2.45, 2.75) is 0 Å². The minimum absolute atomic E-state index is 0. The van der Waals surface area contributed by atoms with Gasteiger partial charge in [0.1, 0.15) is 11.9 Å². The molecule has 0 fully saturated rings. The molecule has 3 nitrogen and oxygen atoms in total. The van der Waals surface area contributed by atoms with Crippen molar-refractivity contribution in [2.24, 2.45) is 5.16 Å². The van der Waals surface area contributed by atoms with Crippen molar-refractivity contribution in [1.29, 1.82) is 0 Å². The standard InChI is InChI=1S/C18H18N2O.ClH/c1-19-12-13-21-20-18-16-8-4-2-6-14(16)10-11-15-7-3-5-9-17(15)18;/h2-11,19H,12-13H2,1H3;1H. The number of fused-ring (bicyclic) bond motifs is 2. The highest BCUT2D eigenvalue weighted by Gasteiger charge is 2.00. The van der Waals surface area contributed by atoms with E-state index in [0.717, 1.165) is 33.4 Å². The van der Waals surface area contributed by atoms with Crippen LogP contribution >= 0.6 is 0 Å². The SMILES string of the molecule is C[NH2+]CCON=c1c2ccccc2ccc2ccccc12.[Cl-]. The molecule has 3 aromatic carbocycles. The van der Waals surface area contributed by atoms with Gasteiger partial charge in [-0.3, -0.25) is 0 Å². The summed E-state index contributed by atoms with van der Waals surface area (Å²) in [6, 6.07) is 20.8. The van der Waals surface area contributed by atoms with Crippen LogP contribution in [-0.4, -0.2) is 20.2 Å². The van der Waals surface area contributed by atoms with Gasteiger partial charge in [0.05, 0.1) is 7.05 Å². The number of halogens is 1. The van der Waals surface area contributed by atoms with Crippen LogP contribution in [0.25, 0.3) is 21.5 Å². The average Bonchev–Trinajstić information content (AvgIpc) is 2.69. The predicted molar refractivity (Wildman–Crippen MR) is 85.7 cm³/mol. The second kappa shape index (κ2) is 7.78. The van der Waals surface area contributed by atoms with Crippen LogP contribution in [0.2, 0.25) is 0 Å². The van der Waals surface area contributed by atoms with Crippen molar-refractivity contribution >= 4 is 21.5 Å². The number of nitrogens with zero attached hydrogens (tertiary/aromatic N) is 1. The Morgan fingerprint density at radius 1 is 0.864 bits per heavy atom. The third-order valence-corrected chi connectivity index (χ3v) is 3.53. The largest absolute Gasteiger partial charge is 1.00 e. The lowest BCUT2D eigenvalue weighted by molar-refractivity contribution is -0.628. The number of rotatable bonds is 4. The van der Waals surface area contributed by atoms with E-state index in [-0.39, 0.29) is 12.4 Å². The highest BCUT2D eigenvalue weighted by Crippen LogP contribution is 2.15. The van der Waals surface area contributed by atoms with E-state index >= 15 is 0 Å². The number of likely N-dealkylation sites (N-methyl/N-ethyl adjacent to an activating group) is 1. The predicted octanol–water partition coefficient (Wildman–Crippen LogP) is -0.977. The Hall–Kier alpha value is -2.10. The molecular weight excluding hydrogens is 296 g/mol. The topological polar surface area (TPSA) is 38.2 Å². The molecule has 0 radical (unpaired) electrons. The van der Waals surface area contributed by atoms with Gasteiger partial charge in [-0.1, -0.05) is 65.8 Å². The van der Waals surface area contributed by atoms with E-state index in [1.165, 1.54) is 0 Å². The summed E-state index contributed by atoms with van der Waals surface area (Å²) in [4.78, 5) is 5.51. The zero-order valence-corrected chi connectivity index (χ0v) is 13.3. The van der Waals surface area contributed by atoms with Crippen LogP contribution in [0.1, 0.15) is 0 Å². The maximum atomic E-state index is 5.51. The molecule has 0 aliphatic rings. The van der Waals surface area contributed by atoms with Crippen molar-refractivity contribution in [3.63, 3.8) is 0 Å². The lowest BCUT2D eigenvalue weighted by atomic mass is 10.1. The summed E-state index contributed by atoms with van der Waals surface area (Å²) in [6.45, 7) is 1.51. The molecule has 114 valence electrons. The summed E-state index contributed by atoms with van der Waals surface area (Å²) >= 11 is 0. The van der Waals surface area contributed by atoms with Gasteiger partial charge < -0.3 is 22.6 Å². The molecule has 22 heavy (non-hydrogen) atoms. The lowest BCUT2D eigenvalue weighted by Crippen LogP contribution is -3.00. The number of nitrogens with two attached hydrogens (primary N) is 1. The van der Waals surface area contributed by atoms with Crippen molar-refractivity contribution in [1.82, 2.24) is 0 Å². The highest BCUT2D eigenvalue weighted by molar-refractivity contribution is 5.92. The second-order valence-electron chi connectivity index (χ2n) is 4.98. The molecule has 0 amide bonds. The summed E-state index contributed by atoms with van der Waals surface area (Å²) in [5, 5.41) is 12.0. The zero-order valence-electron chi connectivity index (χ0n) is 12.5. The Labute approximate surface area is 136 Å². The van der Waals surface area contributed by atoms with Gasteiger partial charge >= 0.3 is 0 Å². The molecule has 3 rings (SSSR count). The molecule has 0 heterocycles. The van der Waals surface area contributed by atoms with E-state index in [4.69, 9.17) is 4.84 Å². The molecule has 0 saturated heterocycles. The fourth-order valence-corrected chi connectivity index (χ4v) is 2.42. The Morgan fingerprint density at radius 3 is 1.95 bits per heavy atom. The van der Waals surface area contributed by atoms with Crippen LogP contribution in [0.15, 0.2) is 65.8 Å². The third-order valence-electron chi connectivity index (χ3n) is 3.53. The summed E-state index contributed by atoms with van der Waals surface area (Å²) < 4.78 is 0. The first-order valence-corrected chi connectivity index (χ1v) is 7.25. The number of hydrogen-bond donors (Lipinski definition) is 1. The molecule has 2 N–H and O–H groups in total. The molecule has 0 spiro atoms. The fourth-order valence-electron chi connectivity index (χ4n) is 2.42. The Kier molecular flexibility index (Phi) is 5.75. The quantitative estimate of drug-likeness (QED) is 0.488. The number of quaternary nitrogens is 1. The average molecular weight is 315 g/mol. The van der Waals surface area contributed by atoms with E-state index in [1.807, 2.05) is 31.3 Å². The molecule has 0 unspecified atom stereocenters. The minimum atomic E-state index is 0. The fraction of sp³-hybridized carbons (Fsp3) is 0.167. The minimum Gasteiger partial charge on any atom is -1.00 e. The van der Waals surface area contributed by atoms with Gasteiger partial charge in [0.15, 0.2) is 6.61 Å². The maximum absolute atomic E-state index is 5.51. The molecular formula is C18H19ClN2O. The summed E-state index contributed by atoms with van der Waals surface area (Å²) in [5.74, 6) is 0. The molecule has 0 atom stereocenters. The van der Waals surface area contributed by atoms with Gasteiger partial charge in [-0.05, 0) is 10.8 Å². The molecule has 0 aliphatic carbocycles. The van der Waals surface area contributed by atoms with Crippen molar-refractivity contribution < 1.29 is 22.6 Å². The van der Waals surface area contributed by atoms with Gasteiger partial charge in [0, 0.05) is 10.8 Å². The van der Waals surface area contributed by atoms with E-state index < -0.39 is 0 Å². The first kappa shape index (κ1) is 16.3. The van der Waals surface area contributed by atoms with Crippen LogP contribution in [0.4, 0.5) is 0 Å². The first-order valence-electron chi connectivity index (χ1n) is 7.25. The van der Waals surface area contributed by atoms with Gasteiger partial charge in [-0.15, -0.1) is 0 Å². The molecule has 4 heteroatoms.